The van der Waals surface area contributed by atoms with Crippen LogP contribution in [-0.2, 0) is 9.59 Å². The zero-order chi connectivity index (χ0) is 16.1. The van der Waals surface area contributed by atoms with Crippen molar-refractivity contribution in [3.8, 4) is 5.75 Å². The van der Waals surface area contributed by atoms with Gasteiger partial charge in [0.15, 0.2) is 6.61 Å². The summed E-state index contributed by atoms with van der Waals surface area (Å²) in [6.45, 7) is -0.202. The zero-order valence-corrected chi connectivity index (χ0v) is 12.2. The Morgan fingerprint density at radius 2 is 2.22 bits per heavy atom. The third kappa shape index (κ3) is 3.52. The monoisotopic (exact) mass is 310 g/mol. The van der Waals surface area contributed by atoms with Crippen LogP contribution in [0.4, 0.5) is 5.69 Å². The number of hydrazone groups is 1. The first-order valence-corrected chi connectivity index (χ1v) is 6.98. The Kier molecular flexibility index (Phi) is 4.28. The van der Waals surface area contributed by atoms with E-state index in [1.165, 1.54) is 11.1 Å². The molecule has 1 aliphatic rings. The molecule has 0 bridgehead atoms. The molecule has 2 amide bonds. The molecule has 116 valence electrons. The Morgan fingerprint density at radius 3 is 3.04 bits per heavy atom. The minimum Gasteiger partial charge on any atom is -0.482 e. The van der Waals surface area contributed by atoms with Crippen molar-refractivity contribution in [2.24, 2.45) is 5.10 Å². The first-order chi connectivity index (χ1) is 11.2. The Hall–Kier alpha value is -3.22. The first kappa shape index (κ1) is 14.7. The van der Waals surface area contributed by atoms with Crippen molar-refractivity contribution in [3.63, 3.8) is 0 Å². The quantitative estimate of drug-likeness (QED) is 0.673. The molecule has 3 rings (SSSR count). The number of hydrogen-bond acceptors (Lipinski definition) is 5. The summed E-state index contributed by atoms with van der Waals surface area (Å²) < 4.78 is 5.33. The predicted molar refractivity (Wildman–Crippen MR) is 84.3 cm³/mol. The van der Waals surface area contributed by atoms with Crippen molar-refractivity contribution >= 4 is 23.7 Å². The van der Waals surface area contributed by atoms with Crippen LogP contribution < -0.4 is 15.1 Å². The van der Waals surface area contributed by atoms with Gasteiger partial charge in [-0.25, -0.2) is 5.43 Å². The summed E-state index contributed by atoms with van der Waals surface area (Å²) in [5.41, 5.74) is 3.74. The van der Waals surface area contributed by atoms with Gasteiger partial charge in [0.2, 0.25) is 0 Å². The summed E-state index contributed by atoms with van der Waals surface area (Å²) in [6.07, 6.45) is 4.76. The second-order valence-corrected chi connectivity index (χ2v) is 4.82. The third-order valence-electron chi connectivity index (χ3n) is 3.20. The maximum absolute atomic E-state index is 12.0. The summed E-state index contributed by atoms with van der Waals surface area (Å²) in [7, 11) is 0. The number of amides is 2. The lowest BCUT2D eigenvalue weighted by Crippen LogP contribution is -2.44. The van der Waals surface area contributed by atoms with E-state index < -0.39 is 5.91 Å². The average molecular weight is 310 g/mol. The molecule has 0 fully saturated rings. The number of para-hydroxylation sites is 2. The summed E-state index contributed by atoms with van der Waals surface area (Å²) in [4.78, 5) is 29.3. The maximum atomic E-state index is 12.0. The number of hydrogen-bond donors (Lipinski definition) is 1. The Bertz CT molecular complexity index is 746. The fourth-order valence-electron chi connectivity index (χ4n) is 2.14. The van der Waals surface area contributed by atoms with E-state index in [4.69, 9.17) is 4.74 Å². The number of aromatic nitrogens is 1. The molecule has 0 unspecified atom stereocenters. The standard InChI is InChI=1S/C16H14N4O3/c21-15(19-18-9-12-4-3-7-17-8-12)10-20-13-5-1-2-6-14(13)23-11-16(20)22/h1-9H,10-11H2,(H,19,21)/b18-9-. The lowest BCUT2D eigenvalue weighted by Gasteiger charge is -2.28. The molecule has 23 heavy (non-hydrogen) atoms. The molecule has 1 aromatic carbocycles. The van der Waals surface area contributed by atoms with E-state index in [0.717, 1.165) is 5.56 Å². The van der Waals surface area contributed by atoms with Crippen LogP contribution in [0.1, 0.15) is 5.56 Å². The molecular weight excluding hydrogens is 296 g/mol. The van der Waals surface area contributed by atoms with Crippen molar-refractivity contribution in [1.82, 2.24) is 10.4 Å². The van der Waals surface area contributed by atoms with E-state index >= 15 is 0 Å². The van der Waals surface area contributed by atoms with Gasteiger partial charge in [0.25, 0.3) is 11.8 Å². The number of fused-ring (bicyclic) bond motifs is 1. The van der Waals surface area contributed by atoms with E-state index in [1.807, 2.05) is 12.1 Å². The van der Waals surface area contributed by atoms with E-state index in [-0.39, 0.29) is 19.1 Å². The Labute approximate surface area is 132 Å². The summed E-state index contributed by atoms with van der Waals surface area (Å²) in [6, 6.07) is 10.7. The SMILES string of the molecule is O=C(CN1C(=O)COc2ccccc21)N/N=C\c1cccnc1. The van der Waals surface area contributed by atoms with Crippen LogP contribution in [0.25, 0.3) is 0 Å². The molecular formula is C16H14N4O3. The molecule has 0 spiro atoms. The van der Waals surface area contributed by atoms with Gasteiger partial charge >= 0.3 is 0 Å². The molecule has 0 aliphatic carbocycles. The fraction of sp³-hybridized carbons (Fsp3) is 0.125. The number of carbonyl (C=O) groups is 2. The van der Waals surface area contributed by atoms with Gasteiger partial charge in [0.1, 0.15) is 12.3 Å². The van der Waals surface area contributed by atoms with Crippen LogP contribution in [0.3, 0.4) is 0 Å². The van der Waals surface area contributed by atoms with Gasteiger partial charge in [-0.1, -0.05) is 18.2 Å². The molecule has 0 atom stereocenters. The highest BCUT2D eigenvalue weighted by Crippen LogP contribution is 2.30. The highest BCUT2D eigenvalue weighted by atomic mass is 16.5. The van der Waals surface area contributed by atoms with Crippen molar-refractivity contribution in [3.05, 3.63) is 54.4 Å². The van der Waals surface area contributed by atoms with Gasteiger partial charge in [-0.2, -0.15) is 5.10 Å². The molecule has 1 N–H and O–H groups in total. The number of pyridine rings is 1. The number of nitrogens with zero attached hydrogens (tertiary/aromatic N) is 3. The molecule has 0 saturated carbocycles. The predicted octanol–water partition coefficient (Wildman–Crippen LogP) is 0.957. The average Bonchev–Trinajstić information content (AvgIpc) is 2.58. The van der Waals surface area contributed by atoms with Crippen LogP contribution in [0.15, 0.2) is 53.9 Å². The first-order valence-electron chi connectivity index (χ1n) is 6.98. The van der Waals surface area contributed by atoms with Gasteiger partial charge in [-0.05, 0) is 18.2 Å². The van der Waals surface area contributed by atoms with Crippen molar-refractivity contribution < 1.29 is 14.3 Å². The summed E-state index contributed by atoms with van der Waals surface area (Å²) in [5.74, 6) is -0.0796. The van der Waals surface area contributed by atoms with E-state index in [9.17, 15) is 9.59 Å². The lowest BCUT2D eigenvalue weighted by molar-refractivity contribution is -0.125. The third-order valence-corrected chi connectivity index (χ3v) is 3.20. The van der Waals surface area contributed by atoms with Gasteiger partial charge in [0.05, 0.1) is 11.9 Å². The molecule has 1 aromatic heterocycles. The molecule has 7 heteroatoms. The highest BCUT2D eigenvalue weighted by molar-refractivity contribution is 6.02. The molecule has 2 heterocycles. The molecule has 2 aromatic rings. The van der Waals surface area contributed by atoms with Gasteiger partial charge in [-0.3, -0.25) is 19.5 Å². The molecule has 7 nitrogen and oxygen atoms in total. The zero-order valence-electron chi connectivity index (χ0n) is 12.2. The van der Waals surface area contributed by atoms with Crippen LogP contribution in [-0.4, -0.2) is 36.2 Å². The van der Waals surface area contributed by atoms with Crippen LogP contribution >= 0.6 is 0 Å². The second kappa shape index (κ2) is 6.69. The van der Waals surface area contributed by atoms with E-state index in [0.29, 0.717) is 11.4 Å². The largest absolute Gasteiger partial charge is 0.482 e. The lowest BCUT2D eigenvalue weighted by atomic mass is 10.2. The van der Waals surface area contributed by atoms with Crippen molar-refractivity contribution in [2.45, 2.75) is 0 Å². The van der Waals surface area contributed by atoms with Crippen molar-refractivity contribution in [2.75, 3.05) is 18.1 Å². The van der Waals surface area contributed by atoms with E-state index in [1.54, 1.807) is 36.7 Å². The van der Waals surface area contributed by atoms with Crippen molar-refractivity contribution in [1.29, 1.82) is 0 Å². The smallest absolute Gasteiger partial charge is 0.265 e. The van der Waals surface area contributed by atoms with Gasteiger partial charge < -0.3 is 4.74 Å². The second-order valence-electron chi connectivity index (χ2n) is 4.82. The normalized spacial score (nSPS) is 13.6. The minimum atomic E-state index is -0.393. The minimum absolute atomic E-state index is 0.0801. The summed E-state index contributed by atoms with van der Waals surface area (Å²) in [5, 5.41) is 3.85. The number of anilines is 1. The van der Waals surface area contributed by atoms with Gasteiger partial charge in [0, 0.05) is 18.0 Å². The molecule has 0 radical (unpaired) electrons. The number of rotatable bonds is 4. The topological polar surface area (TPSA) is 83.9 Å². The van der Waals surface area contributed by atoms with Crippen LogP contribution in [0.5, 0.6) is 5.75 Å². The number of nitrogens with one attached hydrogen (secondary N) is 1. The van der Waals surface area contributed by atoms with Gasteiger partial charge in [-0.15, -0.1) is 0 Å². The highest BCUT2D eigenvalue weighted by Gasteiger charge is 2.26. The maximum Gasteiger partial charge on any atom is 0.265 e. The Balaban J connectivity index is 1.64. The Morgan fingerprint density at radius 1 is 1.35 bits per heavy atom. The number of ether oxygens (including phenoxy) is 1. The summed E-state index contributed by atoms with van der Waals surface area (Å²) >= 11 is 0. The molecule has 1 aliphatic heterocycles. The van der Waals surface area contributed by atoms with E-state index in [2.05, 4.69) is 15.5 Å². The fourth-order valence-corrected chi connectivity index (χ4v) is 2.14. The molecule has 0 saturated heterocycles. The number of carbonyl (C=O) groups excluding carboxylic acids is 2. The van der Waals surface area contributed by atoms with Crippen LogP contribution in [0.2, 0.25) is 0 Å². The van der Waals surface area contributed by atoms with Crippen LogP contribution in [0, 0.1) is 0 Å². The number of benzene rings is 1.